The van der Waals surface area contributed by atoms with E-state index in [-0.39, 0.29) is 34.2 Å². The van der Waals surface area contributed by atoms with E-state index in [1.54, 1.807) is 38.5 Å². The predicted octanol–water partition coefficient (Wildman–Crippen LogP) is 3.54. The van der Waals surface area contributed by atoms with Crippen molar-refractivity contribution in [2.24, 2.45) is 0 Å². The number of piperidine rings is 1. The Morgan fingerprint density at radius 1 is 1.21 bits per heavy atom. The van der Waals surface area contributed by atoms with Crippen LogP contribution in [0.2, 0.25) is 0 Å². The van der Waals surface area contributed by atoms with Gasteiger partial charge >= 0.3 is 0 Å². The van der Waals surface area contributed by atoms with Crippen molar-refractivity contribution in [3.63, 3.8) is 0 Å². The topological polar surface area (TPSA) is 124 Å². The summed E-state index contributed by atoms with van der Waals surface area (Å²) in [5.74, 6) is -0.358. The Labute approximate surface area is 224 Å². The van der Waals surface area contributed by atoms with E-state index in [0.717, 1.165) is 24.8 Å². The number of nitrogens with one attached hydrogen (secondary N) is 2. The first-order chi connectivity index (χ1) is 18.7. The van der Waals surface area contributed by atoms with E-state index in [2.05, 4.69) is 25.2 Å². The van der Waals surface area contributed by atoms with E-state index in [0.29, 0.717) is 35.2 Å². The normalized spacial score (nSPS) is 13.9. The summed E-state index contributed by atoms with van der Waals surface area (Å²) in [4.78, 5) is 40.5. The molecule has 1 aliphatic heterocycles. The summed E-state index contributed by atoms with van der Waals surface area (Å²) in [7, 11) is 4.56. The van der Waals surface area contributed by atoms with Crippen LogP contribution in [-0.2, 0) is 0 Å². The van der Waals surface area contributed by atoms with Gasteiger partial charge in [-0.2, -0.15) is 0 Å². The number of carbonyl (C=O) groups is 1. The van der Waals surface area contributed by atoms with Gasteiger partial charge < -0.3 is 29.9 Å². The van der Waals surface area contributed by atoms with Crippen molar-refractivity contribution in [3.8, 4) is 17.0 Å². The molecule has 1 saturated heterocycles. The first-order valence-electron chi connectivity index (χ1n) is 12.5. The van der Waals surface area contributed by atoms with Gasteiger partial charge in [0.1, 0.15) is 17.4 Å². The fourth-order valence-electron chi connectivity index (χ4n) is 4.66. The summed E-state index contributed by atoms with van der Waals surface area (Å²) >= 11 is 0. The number of ether oxygens (including phenoxy) is 1. The zero-order valence-corrected chi connectivity index (χ0v) is 21.9. The van der Waals surface area contributed by atoms with Gasteiger partial charge in [0, 0.05) is 38.9 Å². The van der Waals surface area contributed by atoms with Gasteiger partial charge in [0.2, 0.25) is 0 Å². The van der Waals surface area contributed by atoms with Crippen LogP contribution in [0.5, 0.6) is 5.75 Å². The number of benzene rings is 1. The van der Waals surface area contributed by atoms with E-state index in [1.807, 2.05) is 6.07 Å². The fraction of sp³-hybridized carbons (Fsp3) is 0.286. The molecule has 39 heavy (non-hydrogen) atoms. The number of H-pyrrole nitrogens is 1. The minimum absolute atomic E-state index is 0.0897. The molecule has 1 amide bonds. The number of halogens is 1. The number of hydrogen-bond acceptors (Lipinski definition) is 8. The molecule has 10 nitrogen and oxygen atoms in total. The van der Waals surface area contributed by atoms with Crippen LogP contribution in [0.25, 0.3) is 22.2 Å². The SMILES string of the molecule is COc1cc(-c2cc(Nc3ccc(N4CCC(O)CC4)cn3)c3c(=O)[nH]ccc3n2)c(F)cc1C(=O)N(C)C. The van der Waals surface area contributed by atoms with Crippen molar-refractivity contribution in [1.29, 1.82) is 0 Å². The molecule has 1 aromatic carbocycles. The van der Waals surface area contributed by atoms with E-state index in [1.165, 1.54) is 24.3 Å². The highest BCUT2D eigenvalue weighted by Gasteiger charge is 2.21. The molecule has 0 aliphatic carbocycles. The van der Waals surface area contributed by atoms with Crippen LogP contribution < -0.4 is 20.5 Å². The number of hydrogen-bond donors (Lipinski definition) is 3. The summed E-state index contributed by atoms with van der Waals surface area (Å²) in [6.45, 7) is 1.49. The van der Waals surface area contributed by atoms with Crippen LogP contribution in [0, 0.1) is 5.82 Å². The molecule has 0 radical (unpaired) electrons. The quantitative estimate of drug-likeness (QED) is 0.345. The number of aliphatic hydroxyl groups excluding tert-OH is 1. The third-order valence-electron chi connectivity index (χ3n) is 6.77. The lowest BCUT2D eigenvalue weighted by Gasteiger charge is -2.31. The predicted molar refractivity (Wildman–Crippen MR) is 147 cm³/mol. The Kier molecular flexibility index (Phi) is 7.16. The second-order valence-corrected chi connectivity index (χ2v) is 9.60. The Bertz CT molecular complexity index is 1580. The molecule has 1 fully saturated rings. The molecule has 0 atom stereocenters. The van der Waals surface area contributed by atoms with Crippen LogP contribution in [-0.4, -0.2) is 71.3 Å². The zero-order valence-electron chi connectivity index (χ0n) is 21.9. The molecular formula is C28H29FN6O4. The largest absolute Gasteiger partial charge is 0.496 e. The Morgan fingerprint density at radius 3 is 2.64 bits per heavy atom. The first kappa shape index (κ1) is 26.1. The summed E-state index contributed by atoms with van der Waals surface area (Å²) in [5.41, 5.74) is 1.78. The number of methoxy groups -OCH3 is 1. The number of aromatic nitrogens is 3. The minimum Gasteiger partial charge on any atom is -0.496 e. The number of carbonyl (C=O) groups excluding carboxylic acids is 1. The lowest BCUT2D eigenvalue weighted by atomic mass is 10.0. The van der Waals surface area contributed by atoms with Gasteiger partial charge in [-0.05, 0) is 49.2 Å². The van der Waals surface area contributed by atoms with Gasteiger partial charge in [0.15, 0.2) is 0 Å². The average molecular weight is 533 g/mol. The molecule has 11 heteroatoms. The van der Waals surface area contributed by atoms with Gasteiger partial charge in [0.05, 0.1) is 52.9 Å². The molecule has 0 bridgehead atoms. The van der Waals surface area contributed by atoms with Crippen molar-refractivity contribution >= 4 is 34.0 Å². The maximum absolute atomic E-state index is 15.4. The van der Waals surface area contributed by atoms with Crippen molar-refractivity contribution in [1.82, 2.24) is 19.9 Å². The van der Waals surface area contributed by atoms with E-state index in [4.69, 9.17) is 4.74 Å². The molecule has 4 aromatic rings. The standard InChI is InChI=1S/C28H29FN6O4/c1-34(2)28(38)19-12-20(29)18(13-24(19)39-3)22-14-23(26-21(32-22)6-9-30-27(26)37)33-25-5-4-16(15-31-25)35-10-7-17(36)8-11-35/h4-6,9,12-15,17,36H,7-8,10-11H2,1-3H3,(H,30,37)(H,31,32,33). The number of aromatic amines is 1. The monoisotopic (exact) mass is 532 g/mol. The number of fused-ring (bicyclic) bond motifs is 1. The maximum Gasteiger partial charge on any atom is 0.259 e. The number of anilines is 3. The molecule has 4 heterocycles. The first-order valence-corrected chi connectivity index (χ1v) is 12.5. The van der Waals surface area contributed by atoms with E-state index in [9.17, 15) is 14.7 Å². The van der Waals surface area contributed by atoms with Crippen LogP contribution in [0.4, 0.5) is 21.6 Å². The number of aliphatic hydroxyl groups is 1. The molecule has 1 aliphatic rings. The number of rotatable bonds is 6. The molecule has 0 spiro atoms. The fourth-order valence-corrected chi connectivity index (χ4v) is 4.66. The van der Waals surface area contributed by atoms with Gasteiger partial charge in [-0.1, -0.05) is 0 Å². The van der Waals surface area contributed by atoms with E-state index < -0.39 is 11.7 Å². The average Bonchev–Trinajstić information content (AvgIpc) is 2.93. The van der Waals surface area contributed by atoms with Crippen molar-refractivity contribution < 1.29 is 19.0 Å². The minimum atomic E-state index is -0.655. The summed E-state index contributed by atoms with van der Waals surface area (Å²) in [6, 6.07) is 9.49. The second-order valence-electron chi connectivity index (χ2n) is 9.60. The zero-order chi connectivity index (χ0) is 27.7. The lowest BCUT2D eigenvalue weighted by molar-refractivity contribution is 0.0823. The third kappa shape index (κ3) is 5.26. The van der Waals surface area contributed by atoms with E-state index >= 15 is 4.39 Å². The lowest BCUT2D eigenvalue weighted by Crippen LogP contribution is -2.35. The Hall–Kier alpha value is -4.51. The molecule has 0 saturated carbocycles. The van der Waals surface area contributed by atoms with Crippen LogP contribution in [0.1, 0.15) is 23.2 Å². The summed E-state index contributed by atoms with van der Waals surface area (Å²) < 4.78 is 20.8. The van der Waals surface area contributed by atoms with Crippen molar-refractivity contribution in [3.05, 3.63) is 70.5 Å². The molecule has 3 N–H and O–H groups in total. The van der Waals surface area contributed by atoms with Crippen LogP contribution in [0.15, 0.2) is 53.6 Å². The third-order valence-corrected chi connectivity index (χ3v) is 6.77. The van der Waals surface area contributed by atoms with Crippen molar-refractivity contribution in [2.75, 3.05) is 44.5 Å². The van der Waals surface area contributed by atoms with Gasteiger partial charge in [-0.15, -0.1) is 0 Å². The smallest absolute Gasteiger partial charge is 0.259 e. The molecule has 5 rings (SSSR count). The van der Waals surface area contributed by atoms with Gasteiger partial charge in [-0.3, -0.25) is 9.59 Å². The highest BCUT2D eigenvalue weighted by atomic mass is 19.1. The summed E-state index contributed by atoms with van der Waals surface area (Å²) in [5, 5.41) is 13.2. The second kappa shape index (κ2) is 10.7. The molecular weight excluding hydrogens is 503 g/mol. The number of amides is 1. The molecule has 3 aromatic heterocycles. The Morgan fingerprint density at radius 2 is 1.97 bits per heavy atom. The van der Waals surface area contributed by atoms with Crippen LogP contribution >= 0.6 is 0 Å². The maximum atomic E-state index is 15.4. The molecule has 0 unspecified atom stereocenters. The van der Waals surface area contributed by atoms with Gasteiger partial charge in [0.25, 0.3) is 11.5 Å². The summed E-state index contributed by atoms with van der Waals surface area (Å²) in [6.07, 6.45) is 4.36. The highest BCUT2D eigenvalue weighted by molar-refractivity contribution is 5.98. The van der Waals surface area contributed by atoms with Gasteiger partial charge in [-0.25, -0.2) is 14.4 Å². The number of pyridine rings is 3. The molecule has 202 valence electrons. The van der Waals surface area contributed by atoms with Crippen molar-refractivity contribution in [2.45, 2.75) is 18.9 Å². The highest BCUT2D eigenvalue weighted by Crippen LogP contribution is 2.34. The number of nitrogens with zero attached hydrogens (tertiary/aromatic N) is 4. The Balaban J connectivity index is 1.54. The van der Waals surface area contributed by atoms with Crippen LogP contribution in [0.3, 0.4) is 0 Å².